The van der Waals surface area contributed by atoms with Gasteiger partial charge in [-0.25, -0.2) is 9.18 Å². The molecule has 19 heavy (non-hydrogen) atoms. The van der Waals surface area contributed by atoms with Crippen LogP contribution >= 0.6 is 0 Å². The fraction of sp³-hybridized carbons (Fsp3) is 0.0833. The maximum atomic E-state index is 13.2. The van der Waals surface area contributed by atoms with E-state index in [0.29, 0.717) is 5.56 Å². The first kappa shape index (κ1) is 12.7. The maximum Gasteiger partial charge on any atom is 0.328 e. The maximum absolute atomic E-state index is 13.2. The second-order valence-electron chi connectivity index (χ2n) is 3.47. The Morgan fingerprint density at radius 2 is 2.26 bits per heavy atom. The molecule has 0 aliphatic rings. The summed E-state index contributed by atoms with van der Waals surface area (Å²) in [6.45, 7) is 0. The molecule has 2 aromatic rings. The SMILES string of the molecule is COc1cc(-c2nnc(/C=C/C(=O)O)o2)ccc1F. The van der Waals surface area contributed by atoms with Crippen molar-refractivity contribution in [1.29, 1.82) is 0 Å². The molecule has 0 saturated heterocycles. The minimum Gasteiger partial charge on any atom is -0.494 e. The van der Waals surface area contributed by atoms with Gasteiger partial charge in [0.15, 0.2) is 11.6 Å². The zero-order valence-corrected chi connectivity index (χ0v) is 9.83. The summed E-state index contributed by atoms with van der Waals surface area (Å²) in [6.07, 6.45) is 2.04. The van der Waals surface area contributed by atoms with E-state index in [-0.39, 0.29) is 17.5 Å². The van der Waals surface area contributed by atoms with Gasteiger partial charge in [-0.15, -0.1) is 10.2 Å². The van der Waals surface area contributed by atoms with Gasteiger partial charge in [0.25, 0.3) is 0 Å². The normalized spacial score (nSPS) is 10.8. The Morgan fingerprint density at radius 1 is 1.47 bits per heavy atom. The second kappa shape index (κ2) is 5.30. The van der Waals surface area contributed by atoms with Crippen LogP contribution in [0.25, 0.3) is 17.5 Å². The summed E-state index contributed by atoms with van der Waals surface area (Å²) in [5.74, 6) is -1.39. The monoisotopic (exact) mass is 264 g/mol. The molecule has 0 aliphatic heterocycles. The number of aromatic nitrogens is 2. The molecule has 0 bridgehead atoms. The third-order valence-corrected chi connectivity index (χ3v) is 2.21. The van der Waals surface area contributed by atoms with Gasteiger partial charge in [0.2, 0.25) is 11.8 Å². The summed E-state index contributed by atoms with van der Waals surface area (Å²) in [5.41, 5.74) is 0.473. The Bertz CT molecular complexity index is 636. The number of benzene rings is 1. The highest BCUT2D eigenvalue weighted by atomic mass is 19.1. The highest BCUT2D eigenvalue weighted by molar-refractivity contribution is 5.84. The van der Waals surface area contributed by atoms with Gasteiger partial charge in [-0.3, -0.25) is 0 Å². The molecule has 0 atom stereocenters. The number of carbonyl (C=O) groups is 1. The molecule has 1 N–H and O–H groups in total. The number of hydrogen-bond donors (Lipinski definition) is 1. The smallest absolute Gasteiger partial charge is 0.328 e. The number of rotatable bonds is 4. The van der Waals surface area contributed by atoms with Gasteiger partial charge >= 0.3 is 5.97 Å². The Kier molecular flexibility index (Phi) is 3.56. The van der Waals surface area contributed by atoms with Gasteiger partial charge in [0, 0.05) is 17.7 Å². The zero-order chi connectivity index (χ0) is 13.8. The van der Waals surface area contributed by atoms with E-state index in [1.54, 1.807) is 0 Å². The molecule has 0 spiro atoms. The van der Waals surface area contributed by atoms with Gasteiger partial charge in [-0.1, -0.05) is 0 Å². The average Bonchev–Trinajstić information content (AvgIpc) is 2.86. The van der Waals surface area contributed by atoms with Crippen molar-refractivity contribution in [3.05, 3.63) is 36.0 Å². The molecule has 0 fully saturated rings. The van der Waals surface area contributed by atoms with E-state index in [1.165, 1.54) is 31.4 Å². The van der Waals surface area contributed by atoms with Crippen LogP contribution in [0.15, 0.2) is 28.7 Å². The van der Waals surface area contributed by atoms with Crippen molar-refractivity contribution >= 4 is 12.0 Å². The number of nitrogens with zero attached hydrogens (tertiary/aromatic N) is 2. The standard InChI is InChI=1S/C12H9FN2O4/c1-18-9-6-7(2-3-8(9)13)12-15-14-10(19-12)4-5-11(16)17/h2-6H,1H3,(H,16,17)/b5-4+. The second-order valence-corrected chi connectivity index (χ2v) is 3.47. The van der Waals surface area contributed by atoms with E-state index in [2.05, 4.69) is 10.2 Å². The molecule has 1 aromatic heterocycles. The number of methoxy groups -OCH3 is 1. The molecule has 1 aromatic carbocycles. The summed E-state index contributed by atoms with van der Waals surface area (Å²) in [5, 5.41) is 15.8. The van der Waals surface area contributed by atoms with E-state index >= 15 is 0 Å². The quantitative estimate of drug-likeness (QED) is 0.850. The Morgan fingerprint density at radius 3 is 2.95 bits per heavy atom. The first-order chi connectivity index (χ1) is 9.10. The third kappa shape index (κ3) is 2.95. The van der Waals surface area contributed by atoms with Crippen molar-refractivity contribution in [2.75, 3.05) is 7.11 Å². The molecule has 0 saturated carbocycles. The van der Waals surface area contributed by atoms with Crippen molar-refractivity contribution in [2.24, 2.45) is 0 Å². The van der Waals surface area contributed by atoms with E-state index in [1.807, 2.05) is 0 Å². The predicted octanol–water partition coefficient (Wildman–Crippen LogP) is 1.98. The van der Waals surface area contributed by atoms with E-state index < -0.39 is 11.8 Å². The number of carboxylic acid groups (broad SMARTS) is 1. The number of halogens is 1. The van der Waals surface area contributed by atoms with E-state index in [9.17, 15) is 9.18 Å². The lowest BCUT2D eigenvalue weighted by molar-refractivity contribution is -0.131. The van der Waals surface area contributed by atoms with Gasteiger partial charge in [-0.05, 0) is 18.2 Å². The predicted molar refractivity (Wildman–Crippen MR) is 62.9 cm³/mol. The van der Waals surface area contributed by atoms with Crippen molar-refractivity contribution in [3.8, 4) is 17.2 Å². The topological polar surface area (TPSA) is 85.5 Å². The third-order valence-electron chi connectivity index (χ3n) is 2.21. The Hall–Kier alpha value is -2.70. The summed E-state index contributed by atoms with van der Waals surface area (Å²) in [6, 6.07) is 4.08. The summed E-state index contributed by atoms with van der Waals surface area (Å²) in [7, 11) is 1.34. The first-order valence-corrected chi connectivity index (χ1v) is 5.18. The lowest BCUT2D eigenvalue weighted by Gasteiger charge is -2.02. The molecule has 6 nitrogen and oxygen atoms in total. The summed E-state index contributed by atoms with van der Waals surface area (Å²) >= 11 is 0. The molecular weight excluding hydrogens is 255 g/mol. The Balaban J connectivity index is 2.30. The molecule has 1 heterocycles. The van der Waals surface area contributed by atoms with Crippen molar-refractivity contribution < 1.29 is 23.4 Å². The van der Waals surface area contributed by atoms with Crippen LogP contribution in [0.2, 0.25) is 0 Å². The van der Waals surface area contributed by atoms with Crippen LogP contribution < -0.4 is 4.74 Å². The minimum atomic E-state index is -1.12. The summed E-state index contributed by atoms with van der Waals surface area (Å²) in [4.78, 5) is 10.3. The van der Waals surface area contributed by atoms with Crippen LogP contribution in [-0.2, 0) is 4.79 Å². The van der Waals surface area contributed by atoms with Crippen molar-refractivity contribution in [3.63, 3.8) is 0 Å². The van der Waals surface area contributed by atoms with Gasteiger partial charge < -0.3 is 14.3 Å². The molecule has 0 radical (unpaired) electrons. The van der Waals surface area contributed by atoms with Crippen LogP contribution in [0.4, 0.5) is 4.39 Å². The molecule has 0 aliphatic carbocycles. The van der Waals surface area contributed by atoms with Crippen LogP contribution in [0.3, 0.4) is 0 Å². The molecular formula is C12H9FN2O4. The number of hydrogen-bond acceptors (Lipinski definition) is 5. The fourth-order valence-corrected chi connectivity index (χ4v) is 1.35. The molecule has 98 valence electrons. The largest absolute Gasteiger partial charge is 0.494 e. The molecule has 2 rings (SSSR count). The lowest BCUT2D eigenvalue weighted by atomic mass is 10.2. The van der Waals surface area contributed by atoms with Crippen molar-refractivity contribution in [2.45, 2.75) is 0 Å². The van der Waals surface area contributed by atoms with Crippen LogP contribution in [0, 0.1) is 5.82 Å². The lowest BCUT2D eigenvalue weighted by Crippen LogP contribution is -1.88. The van der Waals surface area contributed by atoms with Gasteiger partial charge in [-0.2, -0.15) is 0 Å². The number of carboxylic acids is 1. The first-order valence-electron chi connectivity index (χ1n) is 5.18. The zero-order valence-electron chi connectivity index (χ0n) is 9.83. The Labute approximate surface area is 107 Å². The van der Waals surface area contributed by atoms with Crippen LogP contribution in [-0.4, -0.2) is 28.4 Å². The summed E-state index contributed by atoms with van der Waals surface area (Å²) < 4.78 is 23.3. The average molecular weight is 264 g/mol. The van der Waals surface area contributed by atoms with Crippen LogP contribution in [0.1, 0.15) is 5.89 Å². The van der Waals surface area contributed by atoms with Gasteiger partial charge in [0.05, 0.1) is 7.11 Å². The van der Waals surface area contributed by atoms with Crippen molar-refractivity contribution in [1.82, 2.24) is 10.2 Å². The highest BCUT2D eigenvalue weighted by Gasteiger charge is 2.10. The van der Waals surface area contributed by atoms with Crippen LogP contribution in [0.5, 0.6) is 5.75 Å². The highest BCUT2D eigenvalue weighted by Crippen LogP contribution is 2.25. The number of aliphatic carboxylic acids is 1. The van der Waals surface area contributed by atoms with E-state index in [4.69, 9.17) is 14.3 Å². The van der Waals surface area contributed by atoms with Gasteiger partial charge in [0.1, 0.15) is 0 Å². The minimum absolute atomic E-state index is 0.0423. The fourth-order valence-electron chi connectivity index (χ4n) is 1.35. The van der Waals surface area contributed by atoms with E-state index in [0.717, 1.165) is 6.08 Å². The molecule has 0 unspecified atom stereocenters. The number of ether oxygens (including phenoxy) is 1. The molecule has 7 heteroatoms. The molecule has 0 amide bonds.